The number of anilines is 1. The van der Waals surface area contributed by atoms with E-state index in [1.165, 1.54) is 5.56 Å². The van der Waals surface area contributed by atoms with Crippen molar-refractivity contribution < 1.29 is 13.9 Å². The van der Waals surface area contributed by atoms with E-state index < -0.39 is 0 Å². The lowest BCUT2D eigenvalue weighted by atomic mass is 9.99. The first-order valence-corrected chi connectivity index (χ1v) is 8.58. The second kappa shape index (κ2) is 7.66. The van der Waals surface area contributed by atoms with Crippen LogP contribution < -0.4 is 15.4 Å². The van der Waals surface area contributed by atoms with Gasteiger partial charge in [-0.25, -0.2) is 4.39 Å². The van der Waals surface area contributed by atoms with Crippen molar-refractivity contribution in [1.29, 1.82) is 0 Å². The van der Waals surface area contributed by atoms with Gasteiger partial charge >= 0.3 is 0 Å². The number of rotatable bonds is 5. The van der Waals surface area contributed by atoms with Gasteiger partial charge in [0.15, 0.2) is 6.61 Å². The molecule has 0 saturated heterocycles. The summed E-state index contributed by atoms with van der Waals surface area (Å²) in [4.78, 5) is 12.1. The van der Waals surface area contributed by atoms with Crippen molar-refractivity contribution in [2.75, 3.05) is 18.5 Å². The van der Waals surface area contributed by atoms with Crippen molar-refractivity contribution in [1.82, 2.24) is 5.32 Å². The predicted octanol–water partition coefficient (Wildman–Crippen LogP) is 3.61. The fraction of sp³-hybridized carbons (Fsp3) is 0.350. The molecule has 0 radical (unpaired) electrons. The zero-order valence-corrected chi connectivity index (χ0v) is 14.6. The van der Waals surface area contributed by atoms with E-state index >= 15 is 0 Å². The Balaban J connectivity index is 1.59. The first-order valence-electron chi connectivity index (χ1n) is 8.58. The normalized spacial score (nSPS) is 13.4. The fourth-order valence-corrected chi connectivity index (χ4v) is 2.91. The van der Waals surface area contributed by atoms with Crippen molar-refractivity contribution in [2.24, 2.45) is 0 Å². The smallest absolute Gasteiger partial charge is 0.262 e. The molecular weight excluding hydrogens is 319 g/mol. The first-order chi connectivity index (χ1) is 12.0. The van der Waals surface area contributed by atoms with Crippen LogP contribution >= 0.6 is 0 Å². The minimum absolute atomic E-state index is 0.154. The second-order valence-corrected chi connectivity index (χ2v) is 6.55. The second-order valence-electron chi connectivity index (χ2n) is 6.55. The van der Waals surface area contributed by atoms with E-state index in [-0.39, 0.29) is 24.0 Å². The number of benzene rings is 2. The third kappa shape index (κ3) is 4.17. The van der Waals surface area contributed by atoms with Crippen LogP contribution in [-0.2, 0) is 17.8 Å². The van der Waals surface area contributed by atoms with Crippen LogP contribution in [0.5, 0.6) is 5.75 Å². The van der Waals surface area contributed by atoms with Gasteiger partial charge < -0.3 is 15.4 Å². The molecule has 25 heavy (non-hydrogen) atoms. The molecule has 0 aromatic heterocycles. The Morgan fingerprint density at radius 3 is 2.72 bits per heavy atom. The molecule has 1 heterocycles. The summed E-state index contributed by atoms with van der Waals surface area (Å²) in [7, 11) is 0. The summed E-state index contributed by atoms with van der Waals surface area (Å²) in [6, 6.07) is 11.1. The number of carbonyl (C=O) groups excluding carboxylic acids is 1. The van der Waals surface area contributed by atoms with Gasteiger partial charge in [-0.15, -0.1) is 0 Å². The summed E-state index contributed by atoms with van der Waals surface area (Å²) in [5.74, 6) is 0.352. The number of ether oxygens (including phenoxy) is 1. The van der Waals surface area contributed by atoms with Gasteiger partial charge in [0.2, 0.25) is 0 Å². The largest absolute Gasteiger partial charge is 0.484 e. The van der Waals surface area contributed by atoms with Gasteiger partial charge in [-0.05, 0) is 53.8 Å². The van der Waals surface area contributed by atoms with Gasteiger partial charge in [0.05, 0.1) is 5.69 Å². The Morgan fingerprint density at radius 1 is 1.24 bits per heavy atom. The highest BCUT2D eigenvalue weighted by Gasteiger charge is 2.17. The number of amides is 1. The van der Waals surface area contributed by atoms with Crippen LogP contribution in [0.2, 0.25) is 0 Å². The average Bonchev–Trinajstić information content (AvgIpc) is 2.63. The molecule has 0 bridgehead atoms. The monoisotopic (exact) mass is 342 g/mol. The van der Waals surface area contributed by atoms with Crippen LogP contribution in [0.15, 0.2) is 36.4 Å². The quantitative estimate of drug-likeness (QED) is 0.873. The van der Waals surface area contributed by atoms with Crippen LogP contribution in [0, 0.1) is 5.82 Å². The van der Waals surface area contributed by atoms with Gasteiger partial charge in [-0.2, -0.15) is 0 Å². The Hall–Kier alpha value is -2.40. The highest BCUT2D eigenvalue weighted by Crippen LogP contribution is 2.24. The first kappa shape index (κ1) is 17.4. The zero-order valence-electron chi connectivity index (χ0n) is 14.6. The minimum atomic E-state index is -0.374. The van der Waals surface area contributed by atoms with Crippen molar-refractivity contribution in [3.8, 4) is 5.75 Å². The number of nitrogens with one attached hydrogen (secondary N) is 2. The maximum atomic E-state index is 14.5. The van der Waals surface area contributed by atoms with Gasteiger partial charge in [-0.1, -0.05) is 32.0 Å². The van der Waals surface area contributed by atoms with E-state index in [0.717, 1.165) is 12.1 Å². The van der Waals surface area contributed by atoms with Crippen LogP contribution in [0.3, 0.4) is 0 Å². The van der Waals surface area contributed by atoms with Crippen LogP contribution in [0.25, 0.3) is 0 Å². The summed E-state index contributed by atoms with van der Waals surface area (Å²) >= 11 is 0. The van der Waals surface area contributed by atoms with Gasteiger partial charge in [-0.3, -0.25) is 4.79 Å². The summed E-state index contributed by atoms with van der Waals surface area (Å²) in [5, 5.41) is 5.80. The van der Waals surface area contributed by atoms with Crippen molar-refractivity contribution in [3.63, 3.8) is 0 Å². The standard InChI is InChI=1S/C20H23FN2O2/c1-13(2)14-3-6-16(7-4-14)25-12-19(24)23-18-8-5-15-11-22-10-9-17(15)20(18)21/h3-8,13,22H,9-12H2,1-2H3,(H,23,24). The molecule has 0 atom stereocenters. The third-order valence-corrected chi connectivity index (χ3v) is 4.40. The summed E-state index contributed by atoms with van der Waals surface area (Å²) in [6.45, 7) is 5.49. The minimum Gasteiger partial charge on any atom is -0.484 e. The molecule has 0 unspecified atom stereocenters. The lowest BCUT2D eigenvalue weighted by Gasteiger charge is -2.19. The molecule has 0 spiro atoms. The predicted molar refractivity (Wildman–Crippen MR) is 96.5 cm³/mol. The van der Waals surface area contributed by atoms with E-state index in [0.29, 0.717) is 30.2 Å². The third-order valence-electron chi connectivity index (χ3n) is 4.40. The molecule has 0 fully saturated rings. The molecule has 3 rings (SSSR count). The molecule has 0 saturated carbocycles. The van der Waals surface area contributed by atoms with E-state index in [1.54, 1.807) is 6.07 Å². The van der Waals surface area contributed by atoms with Crippen LogP contribution in [0.4, 0.5) is 10.1 Å². The van der Waals surface area contributed by atoms with Gasteiger partial charge in [0.1, 0.15) is 11.6 Å². The van der Waals surface area contributed by atoms with Crippen molar-refractivity contribution in [2.45, 2.75) is 32.7 Å². The molecular formula is C20H23FN2O2. The highest BCUT2D eigenvalue weighted by atomic mass is 19.1. The Bertz CT molecular complexity index is 757. The lowest BCUT2D eigenvalue weighted by molar-refractivity contribution is -0.118. The number of halogens is 1. The van der Waals surface area contributed by atoms with E-state index in [9.17, 15) is 9.18 Å². The van der Waals surface area contributed by atoms with E-state index in [1.807, 2.05) is 30.3 Å². The SMILES string of the molecule is CC(C)c1ccc(OCC(=O)Nc2ccc3c(c2F)CCNC3)cc1. The molecule has 2 aromatic carbocycles. The topological polar surface area (TPSA) is 50.4 Å². The number of hydrogen-bond acceptors (Lipinski definition) is 3. The summed E-state index contributed by atoms with van der Waals surface area (Å²) in [6.07, 6.45) is 0.629. The van der Waals surface area contributed by atoms with Crippen molar-refractivity contribution >= 4 is 11.6 Å². The van der Waals surface area contributed by atoms with Gasteiger partial charge in [0, 0.05) is 6.54 Å². The highest BCUT2D eigenvalue weighted by molar-refractivity contribution is 5.92. The maximum absolute atomic E-state index is 14.5. The fourth-order valence-electron chi connectivity index (χ4n) is 2.91. The van der Waals surface area contributed by atoms with Crippen LogP contribution in [-0.4, -0.2) is 19.1 Å². The van der Waals surface area contributed by atoms with Crippen molar-refractivity contribution in [3.05, 3.63) is 58.9 Å². The molecule has 1 amide bonds. The summed E-state index contributed by atoms with van der Waals surface area (Å²) < 4.78 is 20.0. The van der Waals surface area contributed by atoms with Crippen LogP contribution in [0.1, 0.15) is 36.5 Å². The summed E-state index contributed by atoms with van der Waals surface area (Å²) in [5.41, 5.74) is 3.05. The molecule has 132 valence electrons. The number of carbonyl (C=O) groups is 1. The van der Waals surface area contributed by atoms with E-state index in [4.69, 9.17) is 4.74 Å². The van der Waals surface area contributed by atoms with Gasteiger partial charge in [0.25, 0.3) is 5.91 Å². The van der Waals surface area contributed by atoms with E-state index in [2.05, 4.69) is 24.5 Å². The molecule has 1 aliphatic rings. The Labute approximate surface area is 147 Å². The number of hydrogen-bond donors (Lipinski definition) is 2. The Morgan fingerprint density at radius 2 is 2.00 bits per heavy atom. The Kier molecular flexibility index (Phi) is 5.34. The molecule has 5 heteroatoms. The molecule has 1 aliphatic heterocycles. The molecule has 2 N–H and O–H groups in total. The maximum Gasteiger partial charge on any atom is 0.262 e. The zero-order chi connectivity index (χ0) is 17.8. The number of fused-ring (bicyclic) bond motifs is 1. The molecule has 0 aliphatic carbocycles. The average molecular weight is 342 g/mol. The molecule has 2 aromatic rings. The molecule has 4 nitrogen and oxygen atoms in total. The lowest BCUT2D eigenvalue weighted by Crippen LogP contribution is -2.26.